The third-order valence-electron chi connectivity index (χ3n) is 4.45. The van der Waals surface area contributed by atoms with E-state index in [-0.39, 0.29) is 24.7 Å². The Kier molecular flexibility index (Phi) is 8.23. The zero-order chi connectivity index (χ0) is 24.7. The Hall–Kier alpha value is -3.45. The molecule has 3 aromatic rings. The molecule has 1 aromatic carbocycles. The maximum atomic E-state index is 13.0. The van der Waals surface area contributed by atoms with E-state index in [1.54, 1.807) is 33.3 Å². The molecule has 0 aliphatic rings. The van der Waals surface area contributed by atoms with Gasteiger partial charge in [-0.05, 0) is 13.0 Å². The van der Waals surface area contributed by atoms with Gasteiger partial charge < -0.3 is 30.0 Å². The first kappa shape index (κ1) is 25.2. The number of nitrogen functional groups attached to an aromatic ring is 1. The molecule has 0 saturated heterocycles. The van der Waals surface area contributed by atoms with Gasteiger partial charge in [0.1, 0.15) is 30.7 Å². The highest BCUT2D eigenvalue weighted by atomic mass is 19.4. The summed E-state index contributed by atoms with van der Waals surface area (Å²) in [6.07, 6.45) is -4.71. The number of aryl methyl sites for hydroxylation is 1. The minimum atomic E-state index is -4.71. The molecule has 0 saturated carbocycles. The molecule has 0 atom stereocenters. The van der Waals surface area contributed by atoms with Crippen molar-refractivity contribution in [3.05, 3.63) is 35.5 Å². The predicted molar refractivity (Wildman–Crippen MR) is 118 cm³/mol. The van der Waals surface area contributed by atoms with Crippen molar-refractivity contribution >= 4 is 22.5 Å². The first-order valence-corrected chi connectivity index (χ1v) is 10.2. The average molecular weight is 482 g/mol. The van der Waals surface area contributed by atoms with E-state index < -0.39 is 12.0 Å². The van der Waals surface area contributed by atoms with E-state index in [2.05, 4.69) is 25.3 Å². The Balaban J connectivity index is 1.94. The SMILES string of the molecule is COCCOc1cc2nc(C)nc(NCc3cc(N)nc(C(F)(F)F)n3)c2cc1OCCOC. The van der Waals surface area contributed by atoms with Gasteiger partial charge in [0.2, 0.25) is 5.82 Å². The minimum Gasteiger partial charge on any atom is -0.487 e. The van der Waals surface area contributed by atoms with Crippen molar-refractivity contribution in [2.24, 2.45) is 0 Å². The van der Waals surface area contributed by atoms with Crippen LogP contribution in [0, 0.1) is 6.92 Å². The number of alkyl halides is 3. The number of anilines is 2. The highest BCUT2D eigenvalue weighted by Crippen LogP contribution is 2.35. The number of ether oxygens (including phenoxy) is 4. The van der Waals surface area contributed by atoms with Gasteiger partial charge in [-0.25, -0.2) is 19.9 Å². The van der Waals surface area contributed by atoms with Crippen molar-refractivity contribution in [2.75, 3.05) is 51.7 Å². The van der Waals surface area contributed by atoms with E-state index in [1.165, 1.54) is 6.07 Å². The summed E-state index contributed by atoms with van der Waals surface area (Å²) in [6, 6.07) is 4.67. The summed E-state index contributed by atoms with van der Waals surface area (Å²) in [6.45, 7) is 2.94. The van der Waals surface area contributed by atoms with Crippen LogP contribution in [-0.2, 0) is 22.2 Å². The normalized spacial score (nSPS) is 11.6. The maximum Gasteiger partial charge on any atom is 0.451 e. The lowest BCUT2D eigenvalue weighted by atomic mass is 10.2. The van der Waals surface area contributed by atoms with Crippen molar-refractivity contribution in [1.82, 2.24) is 19.9 Å². The number of nitrogens with one attached hydrogen (secondary N) is 1. The Morgan fingerprint density at radius 2 is 1.53 bits per heavy atom. The van der Waals surface area contributed by atoms with E-state index in [0.717, 1.165) is 0 Å². The molecule has 2 heterocycles. The van der Waals surface area contributed by atoms with Gasteiger partial charge in [0, 0.05) is 31.7 Å². The van der Waals surface area contributed by atoms with Crippen molar-refractivity contribution in [3.63, 3.8) is 0 Å². The van der Waals surface area contributed by atoms with Crippen molar-refractivity contribution in [3.8, 4) is 11.5 Å². The monoisotopic (exact) mass is 482 g/mol. The Morgan fingerprint density at radius 1 is 0.882 bits per heavy atom. The first-order chi connectivity index (χ1) is 16.2. The van der Waals surface area contributed by atoms with Crippen LogP contribution in [0.4, 0.5) is 24.8 Å². The van der Waals surface area contributed by atoms with Crippen molar-refractivity contribution < 1.29 is 32.1 Å². The van der Waals surface area contributed by atoms with Crippen LogP contribution < -0.4 is 20.5 Å². The lowest BCUT2D eigenvalue weighted by Crippen LogP contribution is -2.15. The number of halogens is 3. The molecule has 0 bridgehead atoms. The number of fused-ring (bicyclic) bond motifs is 1. The van der Waals surface area contributed by atoms with Gasteiger partial charge in [0.15, 0.2) is 11.5 Å². The highest BCUT2D eigenvalue weighted by Gasteiger charge is 2.35. The topological polar surface area (TPSA) is 127 Å². The quantitative estimate of drug-likeness (QED) is 0.394. The minimum absolute atomic E-state index is 0.0559. The summed E-state index contributed by atoms with van der Waals surface area (Å²) in [5, 5.41) is 3.59. The molecule has 2 aromatic heterocycles. The van der Waals surface area contributed by atoms with Gasteiger partial charge in [-0.15, -0.1) is 0 Å². The molecule has 0 fully saturated rings. The molecule has 0 spiro atoms. The van der Waals surface area contributed by atoms with Crippen LogP contribution in [0.15, 0.2) is 18.2 Å². The van der Waals surface area contributed by atoms with E-state index >= 15 is 0 Å². The van der Waals surface area contributed by atoms with E-state index in [4.69, 9.17) is 24.7 Å². The van der Waals surface area contributed by atoms with E-state index in [1.807, 2.05) is 0 Å². The number of hydrogen-bond acceptors (Lipinski definition) is 10. The lowest BCUT2D eigenvalue weighted by Gasteiger charge is -2.16. The van der Waals surface area contributed by atoms with Gasteiger partial charge in [-0.2, -0.15) is 13.2 Å². The molecule has 3 rings (SSSR count). The second-order valence-corrected chi connectivity index (χ2v) is 7.08. The second-order valence-electron chi connectivity index (χ2n) is 7.08. The second kappa shape index (κ2) is 11.1. The van der Waals surface area contributed by atoms with Gasteiger partial charge in [0.25, 0.3) is 0 Å². The van der Waals surface area contributed by atoms with Crippen molar-refractivity contribution in [2.45, 2.75) is 19.6 Å². The largest absolute Gasteiger partial charge is 0.487 e. The fourth-order valence-corrected chi connectivity index (χ4v) is 2.99. The molecule has 3 N–H and O–H groups in total. The fourth-order valence-electron chi connectivity index (χ4n) is 2.99. The Labute approximate surface area is 193 Å². The molecule has 0 aliphatic heterocycles. The Morgan fingerprint density at radius 3 is 2.15 bits per heavy atom. The summed E-state index contributed by atoms with van der Waals surface area (Å²) >= 11 is 0. The zero-order valence-electron chi connectivity index (χ0n) is 18.9. The summed E-state index contributed by atoms with van der Waals surface area (Å²) in [5.41, 5.74) is 6.14. The van der Waals surface area contributed by atoms with Crippen LogP contribution in [0.1, 0.15) is 17.3 Å². The van der Waals surface area contributed by atoms with Crippen LogP contribution in [0.25, 0.3) is 10.9 Å². The lowest BCUT2D eigenvalue weighted by molar-refractivity contribution is -0.145. The summed E-state index contributed by atoms with van der Waals surface area (Å²) in [4.78, 5) is 15.6. The molecular weight excluding hydrogens is 457 g/mol. The van der Waals surface area contributed by atoms with Crippen LogP contribution in [0.3, 0.4) is 0 Å². The van der Waals surface area contributed by atoms with Gasteiger partial charge in [-0.3, -0.25) is 0 Å². The molecule has 10 nitrogen and oxygen atoms in total. The standard InChI is InChI=1S/C21H25F3N6O4/c1-12-27-15-10-17(34-7-5-32-3)16(33-6-4-31-2)9-14(15)19(28-12)26-11-13-8-18(25)30-20(29-13)21(22,23)24/h8-10H,4-7,11H2,1-3H3,(H2,25,29,30)(H,26,27,28). The van der Waals surface area contributed by atoms with Crippen LogP contribution in [-0.4, -0.2) is 60.6 Å². The Bertz CT molecular complexity index is 1130. The molecule has 0 radical (unpaired) electrons. The molecular formula is C21H25F3N6O4. The number of methoxy groups -OCH3 is 2. The van der Waals surface area contributed by atoms with Crippen LogP contribution in [0.5, 0.6) is 11.5 Å². The van der Waals surface area contributed by atoms with Gasteiger partial charge in [-0.1, -0.05) is 0 Å². The number of benzene rings is 1. The average Bonchev–Trinajstić information content (AvgIpc) is 2.77. The fraction of sp³-hybridized carbons (Fsp3) is 0.429. The number of aromatic nitrogens is 4. The van der Waals surface area contributed by atoms with Gasteiger partial charge >= 0.3 is 6.18 Å². The van der Waals surface area contributed by atoms with Gasteiger partial charge in [0.05, 0.1) is 31.0 Å². The number of nitrogens with zero attached hydrogens (tertiary/aromatic N) is 4. The highest BCUT2D eigenvalue weighted by molar-refractivity contribution is 5.91. The molecule has 0 amide bonds. The van der Waals surface area contributed by atoms with Crippen molar-refractivity contribution in [1.29, 1.82) is 0 Å². The van der Waals surface area contributed by atoms with E-state index in [0.29, 0.717) is 53.9 Å². The zero-order valence-corrected chi connectivity index (χ0v) is 18.9. The maximum absolute atomic E-state index is 13.0. The molecule has 0 unspecified atom stereocenters. The third-order valence-corrected chi connectivity index (χ3v) is 4.45. The molecule has 34 heavy (non-hydrogen) atoms. The van der Waals surface area contributed by atoms with Crippen LogP contribution >= 0.6 is 0 Å². The molecule has 13 heteroatoms. The summed E-state index contributed by atoms with van der Waals surface area (Å²) in [7, 11) is 3.12. The van der Waals surface area contributed by atoms with E-state index in [9.17, 15) is 13.2 Å². The van der Waals surface area contributed by atoms with Crippen LogP contribution in [0.2, 0.25) is 0 Å². The number of hydrogen-bond donors (Lipinski definition) is 2. The third kappa shape index (κ3) is 6.54. The summed E-state index contributed by atoms with van der Waals surface area (Å²) in [5.74, 6) is 0.136. The molecule has 0 aliphatic carbocycles. The number of rotatable bonds is 11. The molecule has 184 valence electrons. The number of nitrogens with two attached hydrogens (primary N) is 1. The summed E-state index contributed by atoms with van der Waals surface area (Å²) < 4.78 is 60.7. The first-order valence-electron chi connectivity index (χ1n) is 10.2. The predicted octanol–water partition coefficient (Wildman–Crippen LogP) is 2.99. The smallest absolute Gasteiger partial charge is 0.451 e.